The van der Waals surface area contributed by atoms with Crippen molar-refractivity contribution < 1.29 is 33.6 Å². The second-order valence-corrected chi connectivity index (χ2v) is 5.98. The quantitative estimate of drug-likeness (QED) is 0.778. The molecule has 0 radical (unpaired) electrons. The van der Waals surface area contributed by atoms with Crippen molar-refractivity contribution in [3.8, 4) is 23.0 Å². The van der Waals surface area contributed by atoms with Gasteiger partial charge in [0.15, 0.2) is 23.0 Å². The summed E-state index contributed by atoms with van der Waals surface area (Å²) in [6, 6.07) is 8.73. The molecule has 1 N–H and O–H groups in total. The van der Waals surface area contributed by atoms with Gasteiger partial charge in [0, 0.05) is 5.56 Å². The Labute approximate surface area is 157 Å². The molecular weight excluding hydrogens is 352 g/mol. The molecule has 3 rings (SSSR count). The van der Waals surface area contributed by atoms with E-state index in [4.69, 9.17) is 23.7 Å². The van der Waals surface area contributed by atoms with E-state index in [0.717, 1.165) is 0 Å². The van der Waals surface area contributed by atoms with Crippen LogP contribution in [0.15, 0.2) is 30.3 Å². The van der Waals surface area contributed by atoms with E-state index < -0.39 is 18.0 Å². The molecule has 0 fully saturated rings. The Hall–Kier alpha value is -2.93. The highest BCUT2D eigenvalue weighted by Gasteiger charge is 2.44. The molecular formula is C20H22O7. The number of carbonyl (C=O) groups is 1. The van der Waals surface area contributed by atoms with Crippen LogP contribution in [0, 0.1) is 0 Å². The van der Waals surface area contributed by atoms with Gasteiger partial charge in [0.1, 0.15) is 12.0 Å². The molecule has 7 heteroatoms. The maximum Gasteiger partial charge on any atom is 0.317 e. The van der Waals surface area contributed by atoms with E-state index in [1.165, 1.54) is 21.3 Å². The molecule has 1 aliphatic heterocycles. The second-order valence-electron chi connectivity index (χ2n) is 5.98. The van der Waals surface area contributed by atoms with Crippen LogP contribution in [0.5, 0.6) is 23.0 Å². The minimum atomic E-state index is -0.750. The van der Waals surface area contributed by atoms with Gasteiger partial charge in [-0.05, 0) is 29.3 Å². The first-order valence-electron chi connectivity index (χ1n) is 8.36. The highest BCUT2D eigenvalue weighted by atomic mass is 16.5. The first kappa shape index (κ1) is 18.8. The molecule has 144 valence electrons. The summed E-state index contributed by atoms with van der Waals surface area (Å²) in [5.41, 5.74) is 1.87. The Morgan fingerprint density at radius 1 is 1.00 bits per heavy atom. The molecule has 0 aliphatic carbocycles. The van der Waals surface area contributed by atoms with Gasteiger partial charge in [-0.2, -0.15) is 0 Å². The van der Waals surface area contributed by atoms with E-state index in [1.54, 1.807) is 37.4 Å². The fraction of sp³-hybridized carbons (Fsp3) is 0.350. The Kier molecular flexibility index (Phi) is 5.41. The molecule has 7 nitrogen and oxygen atoms in total. The number of hydrogen-bond donors (Lipinski definition) is 1. The Morgan fingerprint density at radius 2 is 1.67 bits per heavy atom. The Balaban J connectivity index is 2.15. The topological polar surface area (TPSA) is 83.5 Å². The Morgan fingerprint density at radius 3 is 2.26 bits per heavy atom. The van der Waals surface area contributed by atoms with Crippen LogP contribution in [0.25, 0.3) is 0 Å². The van der Waals surface area contributed by atoms with Crippen LogP contribution >= 0.6 is 0 Å². The van der Waals surface area contributed by atoms with Crippen LogP contribution < -0.4 is 18.9 Å². The number of ether oxygens (including phenoxy) is 5. The third-order valence-corrected chi connectivity index (χ3v) is 4.69. The van der Waals surface area contributed by atoms with Crippen molar-refractivity contribution in [1.29, 1.82) is 0 Å². The van der Waals surface area contributed by atoms with Crippen molar-refractivity contribution in [2.45, 2.75) is 18.6 Å². The van der Waals surface area contributed by atoms with E-state index in [9.17, 15) is 9.90 Å². The SMILES string of the molecule is COC(=O)[C@H]1c2c(CO)ccc(OC)c2O[C@@H]1c1ccc(OC)c(OC)c1. The fourth-order valence-electron chi connectivity index (χ4n) is 3.39. The number of rotatable bonds is 6. The lowest BCUT2D eigenvalue weighted by atomic mass is 9.88. The van der Waals surface area contributed by atoms with Gasteiger partial charge in [0.05, 0.1) is 35.0 Å². The van der Waals surface area contributed by atoms with Crippen molar-refractivity contribution in [3.63, 3.8) is 0 Å². The fourth-order valence-corrected chi connectivity index (χ4v) is 3.39. The van der Waals surface area contributed by atoms with E-state index in [1.807, 2.05) is 0 Å². The Bertz CT molecular complexity index is 846. The van der Waals surface area contributed by atoms with Gasteiger partial charge in [-0.1, -0.05) is 12.1 Å². The van der Waals surface area contributed by atoms with Crippen LogP contribution in [0.3, 0.4) is 0 Å². The molecule has 0 unspecified atom stereocenters. The molecule has 2 aromatic carbocycles. The molecule has 2 aromatic rings. The smallest absolute Gasteiger partial charge is 0.317 e. The van der Waals surface area contributed by atoms with E-state index >= 15 is 0 Å². The summed E-state index contributed by atoms with van der Waals surface area (Å²) >= 11 is 0. The summed E-state index contributed by atoms with van der Waals surface area (Å²) in [5.74, 6) is 0.794. The van der Waals surface area contributed by atoms with Gasteiger partial charge in [-0.25, -0.2) is 0 Å². The summed E-state index contributed by atoms with van der Waals surface area (Å²) in [6.45, 7) is -0.234. The highest BCUT2D eigenvalue weighted by molar-refractivity contribution is 5.83. The number of esters is 1. The summed E-state index contributed by atoms with van der Waals surface area (Å²) in [6.07, 6.45) is -0.658. The lowest BCUT2D eigenvalue weighted by Gasteiger charge is -2.19. The first-order chi connectivity index (χ1) is 13.1. The monoisotopic (exact) mass is 374 g/mol. The zero-order chi connectivity index (χ0) is 19.6. The lowest BCUT2D eigenvalue weighted by Crippen LogP contribution is -2.21. The molecule has 0 saturated carbocycles. The first-order valence-corrected chi connectivity index (χ1v) is 8.36. The lowest BCUT2D eigenvalue weighted by molar-refractivity contribution is -0.144. The summed E-state index contributed by atoms with van der Waals surface area (Å²) in [4.78, 5) is 12.6. The average Bonchev–Trinajstić information content (AvgIpc) is 3.12. The zero-order valence-corrected chi connectivity index (χ0v) is 15.6. The van der Waals surface area contributed by atoms with Crippen LogP contribution in [-0.2, 0) is 16.1 Å². The molecule has 2 atom stereocenters. The number of hydrogen-bond acceptors (Lipinski definition) is 7. The predicted octanol–water partition coefficient (Wildman–Crippen LogP) is 2.60. The van der Waals surface area contributed by atoms with Gasteiger partial charge in [-0.15, -0.1) is 0 Å². The highest BCUT2D eigenvalue weighted by Crippen LogP contribution is 2.52. The second kappa shape index (κ2) is 7.75. The number of fused-ring (bicyclic) bond motifs is 1. The number of aliphatic hydroxyl groups is 1. The van der Waals surface area contributed by atoms with Gasteiger partial charge < -0.3 is 28.8 Å². The molecule has 1 heterocycles. The van der Waals surface area contributed by atoms with Crippen LogP contribution in [0.2, 0.25) is 0 Å². The molecule has 0 saturated heterocycles. The molecule has 0 bridgehead atoms. The van der Waals surface area contributed by atoms with Crippen LogP contribution in [0.1, 0.15) is 28.7 Å². The molecule has 27 heavy (non-hydrogen) atoms. The summed E-state index contributed by atoms with van der Waals surface area (Å²) in [5, 5.41) is 9.76. The minimum absolute atomic E-state index is 0.234. The van der Waals surface area contributed by atoms with E-state index in [0.29, 0.717) is 39.7 Å². The molecule has 0 spiro atoms. The van der Waals surface area contributed by atoms with Crippen molar-refractivity contribution >= 4 is 5.97 Å². The molecule has 0 amide bonds. The maximum absolute atomic E-state index is 12.6. The van der Waals surface area contributed by atoms with Gasteiger partial charge in [0.25, 0.3) is 0 Å². The summed E-state index contributed by atoms with van der Waals surface area (Å²) in [7, 11) is 5.94. The molecule has 1 aliphatic rings. The van der Waals surface area contributed by atoms with Crippen LogP contribution in [0.4, 0.5) is 0 Å². The van der Waals surface area contributed by atoms with Gasteiger partial charge in [0.2, 0.25) is 0 Å². The van der Waals surface area contributed by atoms with Crippen LogP contribution in [-0.4, -0.2) is 39.5 Å². The van der Waals surface area contributed by atoms with Crippen molar-refractivity contribution in [1.82, 2.24) is 0 Å². The minimum Gasteiger partial charge on any atom is -0.493 e. The summed E-state index contributed by atoms with van der Waals surface area (Å²) < 4.78 is 27.2. The largest absolute Gasteiger partial charge is 0.493 e. The van der Waals surface area contributed by atoms with E-state index in [2.05, 4.69) is 0 Å². The number of carbonyl (C=O) groups excluding carboxylic acids is 1. The van der Waals surface area contributed by atoms with Crippen molar-refractivity contribution in [3.05, 3.63) is 47.0 Å². The van der Waals surface area contributed by atoms with Gasteiger partial charge in [-0.3, -0.25) is 4.79 Å². The zero-order valence-electron chi connectivity index (χ0n) is 15.6. The van der Waals surface area contributed by atoms with Gasteiger partial charge >= 0.3 is 5.97 Å². The standard InChI is InChI=1S/C20H22O7/c1-23-13-7-5-11(9-15(13)25-3)18-17(20(22)26-4)16-12(10-21)6-8-14(24-2)19(16)27-18/h5-9,17-18,21H,10H2,1-4H3/t17-,18+/m0/s1. The van der Waals surface area contributed by atoms with E-state index in [-0.39, 0.29) is 6.61 Å². The third-order valence-electron chi connectivity index (χ3n) is 4.69. The average molecular weight is 374 g/mol. The third kappa shape index (κ3) is 3.14. The molecule has 0 aromatic heterocycles. The number of benzene rings is 2. The predicted molar refractivity (Wildman–Crippen MR) is 96.6 cm³/mol. The maximum atomic E-state index is 12.6. The normalized spacial score (nSPS) is 17.7. The van der Waals surface area contributed by atoms with Crippen molar-refractivity contribution in [2.75, 3.05) is 28.4 Å². The van der Waals surface area contributed by atoms with Crippen molar-refractivity contribution in [2.24, 2.45) is 0 Å². The number of aliphatic hydroxyl groups excluding tert-OH is 1. The number of methoxy groups -OCH3 is 4.